The largest absolute Gasteiger partial charge is 0.461 e. The summed E-state index contributed by atoms with van der Waals surface area (Å²) in [6, 6.07) is 11.6. The minimum Gasteiger partial charge on any atom is -0.461 e. The minimum absolute atomic E-state index is 0.0476. The number of carbonyl (C=O) groups is 1. The van der Waals surface area contributed by atoms with Crippen LogP contribution in [0.5, 0.6) is 0 Å². The number of aryl methyl sites for hydroxylation is 1. The first-order valence-electron chi connectivity index (χ1n) is 10.3. The third kappa shape index (κ3) is 4.20. The van der Waals surface area contributed by atoms with Crippen molar-refractivity contribution >= 4 is 16.9 Å². The quantitative estimate of drug-likeness (QED) is 0.665. The monoisotopic (exact) mass is 392 g/mol. The van der Waals surface area contributed by atoms with E-state index < -0.39 is 5.60 Å². The highest BCUT2D eigenvalue weighted by Gasteiger charge is 2.31. The van der Waals surface area contributed by atoms with Crippen LogP contribution < -0.4 is 5.32 Å². The normalized spacial score (nSPS) is 20.0. The molecule has 2 heterocycles. The maximum Gasteiger partial charge on any atom is 0.251 e. The van der Waals surface area contributed by atoms with Crippen LogP contribution in [0.1, 0.15) is 55.6 Å². The molecular formula is C24H28N2O3. The molecule has 0 spiro atoms. The Kier molecular flexibility index (Phi) is 5.17. The van der Waals surface area contributed by atoms with E-state index in [-0.39, 0.29) is 11.9 Å². The maximum absolute atomic E-state index is 12.7. The molecule has 3 aromatic rings. The molecule has 1 fully saturated rings. The summed E-state index contributed by atoms with van der Waals surface area (Å²) in [5.74, 6) is 1.11. The van der Waals surface area contributed by atoms with E-state index in [2.05, 4.69) is 10.3 Å². The number of amides is 1. The Hall–Kier alpha value is -2.66. The van der Waals surface area contributed by atoms with Crippen molar-refractivity contribution in [3.8, 4) is 11.3 Å². The van der Waals surface area contributed by atoms with Crippen LogP contribution in [0.3, 0.4) is 0 Å². The van der Waals surface area contributed by atoms with Crippen molar-refractivity contribution in [3.05, 3.63) is 53.9 Å². The van der Waals surface area contributed by atoms with E-state index in [0.717, 1.165) is 53.7 Å². The third-order valence-electron chi connectivity index (χ3n) is 6.05. The number of nitrogens with zero attached hydrogens (tertiary/aromatic N) is 1. The number of aliphatic hydroxyl groups is 1. The van der Waals surface area contributed by atoms with Crippen molar-refractivity contribution in [2.45, 2.75) is 58.1 Å². The first-order valence-corrected chi connectivity index (χ1v) is 10.3. The molecule has 0 atom stereocenters. The smallest absolute Gasteiger partial charge is 0.251 e. The van der Waals surface area contributed by atoms with Crippen LogP contribution >= 0.6 is 0 Å². The summed E-state index contributed by atoms with van der Waals surface area (Å²) in [4.78, 5) is 17.2. The lowest BCUT2D eigenvalue weighted by atomic mass is 9.77. The predicted octanol–water partition coefficient (Wildman–Crippen LogP) is 4.86. The van der Waals surface area contributed by atoms with Crippen molar-refractivity contribution in [1.82, 2.24) is 10.3 Å². The minimum atomic E-state index is -0.644. The van der Waals surface area contributed by atoms with Gasteiger partial charge in [-0.2, -0.15) is 0 Å². The lowest BCUT2D eigenvalue weighted by Crippen LogP contribution is -2.41. The van der Waals surface area contributed by atoms with E-state index in [9.17, 15) is 9.90 Å². The molecule has 1 amide bonds. The second kappa shape index (κ2) is 7.64. The van der Waals surface area contributed by atoms with Crippen LogP contribution in [-0.4, -0.2) is 27.6 Å². The second-order valence-electron chi connectivity index (χ2n) is 8.68. The van der Waals surface area contributed by atoms with Crippen LogP contribution in [0, 0.1) is 12.8 Å². The van der Waals surface area contributed by atoms with E-state index in [0.29, 0.717) is 11.5 Å². The number of aromatic nitrogens is 1. The lowest BCUT2D eigenvalue weighted by molar-refractivity contribution is -0.00257. The van der Waals surface area contributed by atoms with Gasteiger partial charge in [-0.25, -0.2) is 0 Å². The van der Waals surface area contributed by atoms with Crippen molar-refractivity contribution in [1.29, 1.82) is 0 Å². The Morgan fingerprint density at radius 3 is 2.48 bits per heavy atom. The highest BCUT2D eigenvalue weighted by Crippen LogP contribution is 2.33. The molecule has 0 unspecified atom stereocenters. The molecule has 2 aromatic heterocycles. The van der Waals surface area contributed by atoms with Crippen molar-refractivity contribution < 1.29 is 14.3 Å². The standard InChI is InChI=1S/C24H28N2O3/c1-15-14-20-21(29-15)12-13-25-22(20)16-4-6-17(7-5-16)23(27)26-19-10-8-18(9-11-19)24(2,3)28/h4-7,12-14,18-19,28H,8-11H2,1-3H3,(H,26,27)/t18-,19-. The summed E-state index contributed by atoms with van der Waals surface area (Å²) < 4.78 is 5.69. The van der Waals surface area contributed by atoms with Gasteiger partial charge in [0.1, 0.15) is 11.3 Å². The Bertz CT molecular complexity index is 1010. The second-order valence-corrected chi connectivity index (χ2v) is 8.68. The fourth-order valence-electron chi connectivity index (χ4n) is 4.31. The molecule has 0 radical (unpaired) electrons. The van der Waals surface area contributed by atoms with Gasteiger partial charge in [0, 0.05) is 28.8 Å². The van der Waals surface area contributed by atoms with Crippen molar-refractivity contribution in [2.24, 2.45) is 5.92 Å². The molecule has 1 aromatic carbocycles. The summed E-state index contributed by atoms with van der Waals surface area (Å²) in [5, 5.41) is 14.3. The Balaban J connectivity index is 1.43. The average molecular weight is 392 g/mol. The van der Waals surface area contributed by atoms with Gasteiger partial charge in [0.25, 0.3) is 5.91 Å². The Morgan fingerprint density at radius 2 is 1.83 bits per heavy atom. The predicted molar refractivity (Wildman–Crippen MR) is 114 cm³/mol. The number of hydrogen-bond donors (Lipinski definition) is 2. The number of furan rings is 1. The molecule has 29 heavy (non-hydrogen) atoms. The van der Waals surface area contributed by atoms with Gasteiger partial charge in [0.2, 0.25) is 0 Å². The average Bonchev–Trinajstić information content (AvgIpc) is 3.08. The van der Waals surface area contributed by atoms with Crippen LogP contribution in [0.25, 0.3) is 22.2 Å². The zero-order valence-corrected chi connectivity index (χ0v) is 17.2. The van der Waals surface area contributed by atoms with Gasteiger partial charge in [0.15, 0.2) is 0 Å². The third-order valence-corrected chi connectivity index (χ3v) is 6.05. The summed E-state index contributed by atoms with van der Waals surface area (Å²) in [5.41, 5.74) is 2.63. The lowest BCUT2D eigenvalue weighted by Gasteiger charge is -2.36. The number of rotatable bonds is 4. The van der Waals surface area contributed by atoms with E-state index >= 15 is 0 Å². The molecule has 152 valence electrons. The van der Waals surface area contributed by atoms with E-state index in [1.54, 1.807) is 6.20 Å². The number of fused-ring (bicyclic) bond motifs is 1. The Morgan fingerprint density at radius 1 is 1.14 bits per heavy atom. The van der Waals surface area contributed by atoms with Gasteiger partial charge in [-0.05, 0) is 76.6 Å². The van der Waals surface area contributed by atoms with Gasteiger partial charge in [0.05, 0.1) is 11.3 Å². The molecule has 0 aliphatic heterocycles. The Labute approximate surface area is 171 Å². The molecule has 5 heteroatoms. The molecule has 2 N–H and O–H groups in total. The zero-order chi connectivity index (χ0) is 20.6. The number of benzene rings is 1. The highest BCUT2D eigenvalue weighted by atomic mass is 16.3. The molecule has 1 aliphatic rings. The molecule has 1 aliphatic carbocycles. The number of hydrogen-bond acceptors (Lipinski definition) is 4. The summed E-state index contributed by atoms with van der Waals surface area (Å²) in [6.45, 7) is 5.67. The summed E-state index contributed by atoms with van der Waals surface area (Å²) >= 11 is 0. The van der Waals surface area contributed by atoms with Gasteiger partial charge < -0.3 is 14.8 Å². The highest BCUT2D eigenvalue weighted by molar-refractivity contribution is 5.96. The SMILES string of the molecule is Cc1cc2c(-c3ccc(C(=O)N[C@H]4CC[C@H](C(C)(C)O)CC4)cc3)nccc2o1. The fraction of sp³-hybridized carbons (Fsp3) is 0.417. The topological polar surface area (TPSA) is 75.4 Å². The van der Waals surface area contributed by atoms with Crippen LogP contribution in [-0.2, 0) is 0 Å². The van der Waals surface area contributed by atoms with Crippen molar-refractivity contribution in [2.75, 3.05) is 0 Å². The van der Waals surface area contributed by atoms with Crippen LogP contribution in [0.4, 0.5) is 0 Å². The molecule has 0 saturated heterocycles. The zero-order valence-electron chi connectivity index (χ0n) is 17.2. The number of carbonyl (C=O) groups excluding carboxylic acids is 1. The van der Waals surface area contributed by atoms with E-state index in [4.69, 9.17) is 4.42 Å². The number of pyridine rings is 1. The van der Waals surface area contributed by atoms with Gasteiger partial charge >= 0.3 is 0 Å². The molecule has 1 saturated carbocycles. The first-order chi connectivity index (χ1) is 13.8. The fourth-order valence-corrected chi connectivity index (χ4v) is 4.31. The van der Waals surface area contributed by atoms with Gasteiger partial charge in [-0.15, -0.1) is 0 Å². The maximum atomic E-state index is 12.7. The summed E-state index contributed by atoms with van der Waals surface area (Å²) in [6.07, 6.45) is 5.43. The van der Waals surface area contributed by atoms with Gasteiger partial charge in [-0.3, -0.25) is 9.78 Å². The van der Waals surface area contributed by atoms with Gasteiger partial charge in [-0.1, -0.05) is 12.1 Å². The first kappa shape index (κ1) is 19.6. The van der Waals surface area contributed by atoms with Crippen LogP contribution in [0.15, 0.2) is 47.0 Å². The van der Waals surface area contributed by atoms with E-state index in [1.807, 2.05) is 57.2 Å². The summed E-state index contributed by atoms with van der Waals surface area (Å²) in [7, 11) is 0. The molecule has 4 rings (SSSR count). The molecule has 5 nitrogen and oxygen atoms in total. The molecular weight excluding hydrogens is 364 g/mol. The van der Waals surface area contributed by atoms with Crippen LogP contribution in [0.2, 0.25) is 0 Å². The van der Waals surface area contributed by atoms with Crippen molar-refractivity contribution in [3.63, 3.8) is 0 Å². The van der Waals surface area contributed by atoms with E-state index in [1.165, 1.54) is 0 Å². The molecule has 0 bridgehead atoms. The number of nitrogens with one attached hydrogen (secondary N) is 1.